The highest BCUT2D eigenvalue weighted by atomic mass is 79.9. The lowest BCUT2D eigenvalue weighted by Gasteiger charge is -2.13. The van der Waals surface area contributed by atoms with E-state index >= 15 is 0 Å². The summed E-state index contributed by atoms with van der Waals surface area (Å²) in [6.07, 6.45) is 6.03. The molecule has 5 nitrogen and oxygen atoms in total. The van der Waals surface area contributed by atoms with Crippen LogP contribution in [0.25, 0.3) is 0 Å². The summed E-state index contributed by atoms with van der Waals surface area (Å²) in [6, 6.07) is 2.15. The van der Waals surface area contributed by atoms with Crippen molar-refractivity contribution in [2.75, 3.05) is 0 Å². The van der Waals surface area contributed by atoms with E-state index in [1.165, 1.54) is 0 Å². The van der Waals surface area contributed by atoms with E-state index in [9.17, 15) is 4.79 Å². The lowest BCUT2D eigenvalue weighted by Crippen LogP contribution is -2.31. The predicted octanol–water partition coefficient (Wildman–Crippen LogP) is 2.36. The minimum absolute atomic E-state index is 0.0590. The van der Waals surface area contributed by atoms with Gasteiger partial charge in [-0.3, -0.25) is 9.48 Å². The summed E-state index contributed by atoms with van der Waals surface area (Å²) in [7, 11) is 0. The van der Waals surface area contributed by atoms with Crippen molar-refractivity contribution < 1.29 is 4.79 Å². The van der Waals surface area contributed by atoms with Crippen LogP contribution < -0.4 is 5.32 Å². The third kappa shape index (κ3) is 3.44. The molecule has 0 fully saturated rings. The molecule has 1 aliphatic rings. The summed E-state index contributed by atoms with van der Waals surface area (Å²) in [5.74, 6) is -0.254. The van der Waals surface area contributed by atoms with Crippen LogP contribution in [0.1, 0.15) is 26.2 Å². The molecule has 1 unspecified atom stereocenters. The van der Waals surface area contributed by atoms with Gasteiger partial charge in [0.25, 0.3) is 0 Å². The number of amides is 1. The van der Waals surface area contributed by atoms with Crippen LogP contribution in [0.15, 0.2) is 28.1 Å². The molecule has 2 rings (SSSR count). The summed E-state index contributed by atoms with van der Waals surface area (Å²) >= 11 is 3.32. The maximum Gasteiger partial charge on any atom is 0.228 e. The van der Waals surface area contributed by atoms with Gasteiger partial charge >= 0.3 is 0 Å². The van der Waals surface area contributed by atoms with Gasteiger partial charge in [0.1, 0.15) is 0 Å². The molecule has 0 saturated heterocycles. The third-order valence-corrected chi connectivity index (χ3v) is 3.55. The fourth-order valence-corrected chi connectivity index (χ4v) is 2.41. The Bertz CT molecular complexity index is 555. The largest absolute Gasteiger partial charge is 0.328 e. The summed E-state index contributed by atoms with van der Waals surface area (Å²) in [4.78, 5) is 12.1. The van der Waals surface area contributed by atoms with E-state index in [2.05, 4.69) is 32.4 Å². The van der Waals surface area contributed by atoms with Crippen LogP contribution in [0, 0.1) is 17.2 Å². The number of rotatable bonds is 4. The van der Waals surface area contributed by atoms with E-state index < -0.39 is 0 Å². The summed E-state index contributed by atoms with van der Waals surface area (Å²) in [5, 5.41) is 15.9. The lowest BCUT2D eigenvalue weighted by molar-refractivity contribution is -0.124. The second-order valence-corrected chi connectivity index (χ2v) is 5.61. The van der Waals surface area contributed by atoms with Gasteiger partial charge in [-0.1, -0.05) is 6.92 Å². The van der Waals surface area contributed by atoms with Crippen LogP contribution in [0.5, 0.6) is 0 Å². The van der Waals surface area contributed by atoms with Crippen LogP contribution in [0.3, 0.4) is 0 Å². The van der Waals surface area contributed by atoms with E-state index in [1.807, 2.05) is 13.1 Å². The average Bonchev–Trinajstić information content (AvgIpc) is 2.98. The molecule has 0 bridgehead atoms. The highest BCUT2D eigenvalue weighted by Gasteiger charge is 2.20. The van der Waals surface area contributed by atoms with Crippen LogP contribution in [0.4, 0.5) is 0 Å². The van der Waals surface area contributed by atoms with E-state index in [0.29, 0.717) is 12.1 Å². The van der Waals surface area contributed by atoms with Crippen molar-refractivity contribution in [3.63, 3.8) is 0 Å². The van der Waals surface area contributed by atoms with Gasteiger partial charge in [0.15, 0.2) is 0 Å². The number of carbonyl (C=O) groups excluding carboxylic acids is 1. The Balaban J connectivity index is 1.95. The van der Waals surface area contributed by atoms with Gasteiger partial charge in [0.05, 0.1) is 29.2 Å². The van der Waals surface area contributed by atoms with Crippen LogP contribution >= 0.6 is 15.9 Å². The van der Waals surface area contributed by atoms with Crippen LogP contribution in [-0.4, -0.2) is 15.7 Å². The molecule has 1 N–H and O–H groups in total. The number of hydrogen-bond acceptors (Lipinski definition) is 3. The maximum atomic E-state index is 12.1. The average molecular weight is 323 g/mol. The molecule has 1 heterocycles. The Morgan fingerprint density at radius 3 is 3.11 bits per heavy atom. The molecule has 100 valence electrons. The first-order valence-corrected chi connectivity index (χ1v) is 7.00. The number of nitrogens with zero attached hydrogens (tertiary/aromatic N) is 3. The molecule has 1 aromatic rings. The van der Waals surface area contributed by atoms with Gasteiger partial charge < -0.3 is 5.32 Å². The number of carbonyl (C=O) groups is 1. The Morgan fingerprint density at radius 2 is 2.47 bits per heavy atom. The third-order valence-electron chi connectivity index (χ3n) is 3.14. The molecule has 1 aromatic heterocycles. The Kier molecular flexibility index (Phi) is 4.38. The summed E-state index contributed by atoms with van der Waals surface area (Å²) in [6.45, 7) is 2.37. The number of halogens is 1. The zero-order valence-corrected chi connectivity index (χ0v) is 12.3. The first kappa shape index (κ1) is 13.8. The van der Waals surface area contributed by atoms with Crippen molar-refractivity contribution in [3.8, 4) is 6.07 Å². The van der Waals surface area contributed by atoms with Crippen molar-refractivity contribution in [2.45, 2.75) is 32.7 Å². The monoisotopic (exact) mass is 322 g/mol. The maximum absolute atomic E-state index is 12.1. The van der Waals surface area contributed by atoms with Crippen molar-refractivity contribution in [2.24, 2.45) is 5.92 Å². The van der Waals surface area contributed by atoms with E-state index in [4.69, 9.17) is 5.26 Å². The fraction of sp³-hybridized carbons (Fsp3) is 0.462. The van der Waals surface area contributed by atoms with Gasteiger partial charge in [-0.05, 0) is 35.2 Å². The van der Waals surface area contributed by atoms with Gasteiger partial charge in [0, 0.05) is 17.5 Å². The number of allylic oxidation sites excluding steroid dienone is 2. The second kappa shape index (κ2) is 6.02. The van der Waals surface area contributed by atoms with Crippen LogP contribution in [0.2, 0.25) is 0 Å². The smallest absolute Gasteiger partial charge is 0.228 e. The van der Waals surface area contributed by atoms with Crippen molar-refractivity contribution in [1.82, 2.24) is 15.1 Å². The van der Waals surface area contributed by atoms with Crippen molar-refractivity contribution >= 4 is 21.8 Å². The minimum Gasteiger partial charge on any atom is -0.328 e. The second-order valence-electron chi connectivity index (χ2n) is 4.69. The molecule has 0 aliphatic heterocycles. The number of hydrogen-bond donors (Lipinski definition) is 1. The molecular weight excluding hydrogens is 308 g/mol. The van der Waals surface area contributed by atoms with E-state index in [-0.39, 0.29) is 11.8 Å². The Hall–Kier alpha value is -1.61. The highest BCUT2D eigenvalue weighted by Crippen LogP contribution is 2.23. The first-order valence-electron chi connectivity index (χ1n) is 6.21. The number of nitrogens with one attached hydrogen (secondary N) is 1. The quantitative estimate of drug-likeness (QED) is 0.925. The molecule has 0 radical (unpaired) electrons. The van der Waals surface area contributed by atoms with Gasteiger partial charge in [0.2, 0.25) is 5.91 Å². The minimum atomic E-state index is -0.195. The molecule has 1 amide bonds. The van der Waals surface area contributed by atoms with Gasteiger partial charge in [-0.15, -0.1) is 0 Å². The Labute approximate surface area is 120 Å². The first-order chi connectivity index (χ1) is 9.10. The number of aromatic nitrogens is 2. The molecular formula is C13H15BrN4O. The molecule has 1 aliphatic carbocycles. The molecule has 0 aromatic carbocycles. The zero-order valence-electron chi connectivity index (χ0n) is 10.7. The van der Waals surface area contributed by atoms with Crippen molar-refractivity contribution in [3.05, 3.63) is 28.1 Å². The number of nitriles is 1. The molecule has 19 heavy (non-hydrogen) atoms. The van der Waals surface area contributed by atoms with Crippen LogP contribution in [-0.2, 0) is 11.3 Å². The predicted molar refractivity (Wildman–Crippen MR) is 73.7 cm³/mol. The molecule has 0 spiro atoms. The molecule has 0 saturated carbocycles. The lowest BCUT2D eigenvalue weighted by atomic mass is 10.1. The van der Waals surface area contributed by atoms with E-state index in [1.54, 1.807) is 10.9 Å². The standard InChI is InChI=1S/C13H15BrN4O/c1-9(7-18-8-11(14)6-16-18)13(19)17-12-4-2-3-10(12)5-15/h6,8-9H,2-4,7H2,1H3,(H,17,19). The zero-order chi connectivity index (χ0) is 13.8. The SMILES string of the molecule is CC(Cn1cc(Br)cn1)C(=O)NC1=C(C#N)CCC1. The topological polar surface area (TPSA) is 70.7 Å². The van der Waals surface area contributed by atoms with Crippen molar-refractivity contribution in [1.29, 1.82) is 5.26 Å². The molecule has 6 heteroatoms. The molecule has 1 atom stereocenters. The summed E-state index contributed by atoms with van der Waals surface area (Å²) in [5.41, 5.74) is 1.50. The normalized spacial score (nSPS) is 16.3. The highest BCUT2D eigenvalue weighted by molar-refractivity contribution is 9.10. The summed E-state index contributed by atoms with van der Waals surface area (Å²) < 4.78 is 2.62. The van der Waals surface area contributed by atoms with E-state index in [0.717, 1.165) is 29.4 Å². The fourth-order valence-electron chi connectivity index (χ4n) is 2.08. The van der Waals surface area contributed by atoms with Gasteiger partial charge in [-0.2, -0.15) is 10.4 Å². The van der Waals surface area contributed by atoms with Gasteiger partial charge in [-0.25, -0.2) is 0 Å². The Morgan fingerprint density at radius 1 is 1.68 bits per heavy atom.